The monoisotopic (exact) mass is 859 g/mol. The van der Waals surface area contributed by atoms with E-state index < -0.39 is 0 Å². The first-order valence-electron chi connectivity index (χ1n) is 26.2. The van der Waals surface area contributed by atoms with E-state index in [-0.39, 0.29) is 11.8 Å². The normalized spacial score (nSPS) is 15.6. The Labute approximate surface area is 380 Å². The van der Waals surface area contributed by atoms with Crippen molar-refractivity contribution >= 4 is 11.5 Å². The maximum Gasteiger partial charge on any atom is 0.168 e. The predicted molar refractivity (Wildman–Crippen MR) is 261 cm³/mol. The minimum Gasteiger partial charge on any atom is -0.493 e. The molecule has 0 heterocycles. The average Bonchev–Trinajstić information content (AvgIpc) is 3.76. The van der Waals surface area contributed by atoms with Gasteiger partial charge in [0.15, 0.2) is 11.5 Å². The maximum atomic E-state index is 6.74. The lowest BCUT2D eigenvalue weighted by Crippen LogP contribution is -2.06. The van der Waals surface area contributed by atoms with E-state index in [1.54, 1.807) is 0 Å². The first-order valence-corrected chi connectivity index (χ1v) is 26.2. The highest BCUT2D eigenvalue weighted by Crippen LogP contribution is 2.51. The molecule has 0 saturated heterocycles. The SMILES string of the molecule is CCCCCOC1=C(OCCCCC)C(CCCCCCCCC2C(OCCCCC)=C(OCCCCC)c3c(OCCCCC)cccc32)c2cccc(OCCCCC)c21. The highest BCUT2D eigenvalue weighted by atomic mass is 16.5. The Morgan fingerprint density at radius 3 is 0.968 bits per heavy atom. The lowest BCUT2D eigenvalue weighted by Gasteiger charge is -2.18. The van der Waals surface area contributed by atoms with Crippen LogP contribution in [0, 0.1) is 0 Å². The van der Waals surface area contributed by atoms with Crippen molar-refractivity contribution in [2.24, 2.45) is 0 Å². The Morgan fingerprint density at radius 2 is 0.629 bits per heavy atom. The summed E-state index contributed by atoms with van der Waals surface area (Å²) in [6.07, 6.45) is 30.0. The molecule has 6 nitrogen and oxygen atoms in total. The number of rotatable bonds is 39. The average molecular weight is 859 g/mol. The minimum atomic E-state index is 0.218. The molecule has 6 heteroatoms. The molecule has 0 bridgehead atoms. The third kappa shape index (κ3) is 16.4. The van der Waals surface area contributed by atoms with Crippen LogP contribution in [0.2, 0.25) is 0 Å². The van der Waals surface area contributed by atoms with Crippen molar-refractivity contribution in [2.75, 3.05) is 39.6 Å². The van der Waals surface area contributed by atoms with E-state index in [2.05, 4.69) is 77.9 Å². The maximum absolute atomic E-state index is 6.74. The number of unbranched alkanes of at least 4 members (excludes halogenated alkanes) is 17. The van der Waals surface area contributed by atoms with E-state index in [0.717, 1.165) is 137 Å². The van der Waals surface area contributed by atoms with E-state index >= 15 is 0 Å². The van der Waals surface area contributed by atoms with Gasteiger partial charge in [-0.1, -0.05) is 181 Å². The standard InChI is InChI=1S/C56H90O6/c1-7-13-25-39-57-49-37-31-35-45-47(53(59-41-27-15-9-3)55(51(45)49)61-43-29-17-11-5)33-23-21-19-20-22-24-34-48-46-36-32-38-50(58-40-26-14-8-2)52(46)56(62-44-30-18-12-6)54(48)60-42-28-16-10-4/h31-32,35-38,47-48H,7-30,33-34,39-44H2,1-6H3. The van der Waals surface area contributed by atoms with Crippen molar-refractivity contribution in [2.45, 2.75) is 220 Å². The molecule has 2 aliphatic carbocycles. The van der Waals surface area contributed by atoms with E-state index in [1.807, 2.05) is 0 Å². The van der Waals surface area contributed by atoms with Crippen LogP contribution in [0.25, 0.3) is 11.5 Å². The zero-order chi connectivity index (χ0) is 44.0. The van der Waals surface area contributed by atoms with Crippen LogP contribution in [0.1, 0.15) is 243 Å². The van der Waals surface area contributed by atoms with Gasteiger partial charge in [-0.05, 0) is 74.6 Å². The summed E-state index contributed by atoms with van der Waals surface area (Å²) in [4.78, 5) is 0. The summed E-state index contributed by atoms with van der Waals surface area (Å²) in [5.74, 6) is 6.36. The molecule has 0 fully saturated rings. The van der Waals surface area contributed by atoms with Crippen LogP contribution < -0.4 is 9.47 Å². The predicted octanol–water partition coefficient (Wildman–Crippen LogP) is 17.0. The van der Waals surface area contributed by atoms with Crippen LogP contribution in [-0.2, 0) is 18.9 Å². The molecule has 0 aromatic heterocycles. The zero-order valence-corrected chi connectivity index (χ0v) is 40.7. The summed E-state index contributed by atoms with van der Waals surface area (Å²) in [5.41, 5.74) is 4.96. The van der Waals surface area contributed by atoms with Gasteiger partial charge >= 0.3 is 0 Å². The van der Waals surface area contributed by atoms with Crippen molar-refractivity contribution in [1.82, 2.24) is 0 Å². The third-order valence-corrected chi connectivity index (χ3v) is 12.6. The molecule has 350 valence electrons. The van der Waals surface area contributed by atoms with Gasteiger partial charge in [0.2, 0.25) is 0 Å². The van der Waals surface area contributed by atoms with Gasteiger partial charge in [0.05, 0.1) is 50.8 Å². The molecule has 2 aromatic carbocycles. The third-order valence-electron chi connectivity index (χ3n) is 12.6. The van der Waals surface area contributed by atoms with Gasteiger partial charge in [0, 0.05) is 11.8 Å². The van der Waals surface area contributed by atoms with Crippen molar-refractivity contribution < 1.29 is 28.4 Å². The molecule has 2 aliphatic rings. The second kappa shape index (κ2) is 31.5. The van der Waals surface area contributed by atoms with Gasteiger partial charge in [-0.2, -0.15) is 0 Å². The molecule has 0 aliphatic heterocycles. The highest BCUT2D eigenvalue weighted by Gasteiger charge is 2.38. The van der Waals surface area contributed by atoms with Crippen LogP contribution in [0.15, 0.2) is 47.9 Å². The van der Waals surface area contributed by atoms with Gasteiger partial charge in [-0.3, -0.25) is 0 Å². The molecule has 0 radical (unpaired) electrons. The van der Waals surface area contributed by atoms with E-state index in [4.69, 9.17) is 28.4 Å². The Balaban J connectivity index is 1.41. The van der Waals surface area contributed by atoms with Crippen LogP contribution in [0.4, 0.5) is 0 Å². The summed E-state index contributed by atoms with van der Waals surface area (Å²) in [7, 11) is 0. The van der Waals surface area contributed by atoms with Gasteiger partial charge < -0.3 is 28.4 Å². The molecule has 0 N–H and O–H groups in total. The first-order chi connectivity index (χ1) is 30.6. The second-order valence-corrected chi connectivity index (χ2v) is 18.0. The quantitative estimate of drug-likeness (QED) is 0.0624. The van der Waals surface area contributed by atoms with Crippen LogP contribution >= 0.6 is 0 Å². The fourth-order valence-electron chi connectivity index (χ4n) is 9.03. The molecule has 0 amide bonds. The molecular weight excluding hydrogens is 769 g/mol. The topological polar surface area (TPSA) is 55.4 Å². The molecule has 0 saturated carbocycles. The highest BCUT2D eigenvalue weighted by molar-refractivity contribution is 5.78. The summed E-state index contributed by atoms with van der Waals surface area (Å²) in [6.45, 7) is 17.9. The fourth-order valence-corrected chi connectivity index (χ4v) is 9.03. The second-order valence-electron chi connectivity index (χ2n) is 18.0. The Bertz CT molecular complexity index is 1440. The van der Waals surface area contributed by atoms with E-state index in [1.165, 1.54) is 127 Å². The number of fused-ring (bicyclic) bond motifs is 2. The molecule has 2 atom stereocenters. The van der Waals surface area contributed by atoms with Crippen molar-refractivity contribution in [3.8, 4) is 11.5 Å². The van der Waals surface area contributed by atoms with Gasteiger partial charge in [0.1, 0.15) is 23.0 Å². The molecule has 4 rings (SSSR count). The zero-order valence-electron chi connectivity index (χ0n) is 40.7. The van der Waals surface area contributed by atoms with Crippen LogP contribution in [-0.4, -0.2) is 39.6 Å². The van der Waals surface area contributed by atoms with Gasteiger partial charge in [-0.15, -0.1) is 0 Å². The van der Waals surface area contributed by atoms with Crippen molar-refractivity contribution in [3.63, 3.8) is 0 Å². The minimum absolute atomic E-state index is 0.218. The number of allylic oxidation sites excluding steroid dienone is 2. The van der Waals surface area contributed by atoms with Crippen molar-refractivity contribution in [1.29, 1.82) is 0 Å². The molecule has 2 aromatic rings. The molecule has 0 spiro atoms. The molecule has 62 heavy (non-hydrogen) atoms. The number of hydrogen-bond donors (Lipinski definition) is 0. The lowest BCUT2D eigenvalue weighted by atomic mass is 9.92. The summed E-state index contributed by atoms with van der Waals surface area (Å²) >= 11 is 0. The molecular formula is C56H90O6. The summed E-state index contributed by atoms with van der Waals surface area (Å²) in [5, 5.41) is 0. The van der Waals surface area contributed by atoms with Crippen LogP contribution in [0.5, 0.6) is 11.5 Å². The van der Waals surface area contributed by atoms with Crippen molar-refractivity contribution in [3.05, 3.63) is 70.2 Å². The summed E-state index contributed by atoms with van der Waals surface area (Å²) in [6, 6.07) is 13.2. The number of hydrogen-bond acceptors (Lipinski definition) is 6. The largest absolute Gasteiger partial charge is 0.493 e. The first kappa shape index (κ1) is 51.4. The van der Waals surface area contributed by atoms with E-state index in [0.29, 0.717) is 0 Å². The van der Waals surface area contributed by atoms with Crippen LogP contribution in [0.3, 0.4) is 0 Å². The lowest BCUT2D eigenvalue weighted by molar-refractivity contribution is 0.170. The molecule has 2 unspecified atom stereocenters. The van der Waals surface area contributed by atoms with E-state index in [9.17, 15) is 0 Å². The van der Waals surface area contributed by atoms with Gasteiger partial charge in [-0.25, -0.2) is 0 Å². The Kier molecular flexibility index (Phi) is 26.1. The Hall–Kier alpha value is -3.28. The number of ether oxygens (including phenoxy) is 6. The van der Waals surface area contributed by atoms with Gasteiger partial charge in [0.25, 0.3) is 0 Å². The fraction of sp³-hybridized carbons (Fsp3) is 0.714. The Morgan fingerprint density at radius 1 is 0.323 bits per heavy atom. The summed E-state index contributed by atoms with van der Waals surface area (Å²) < 4.78 is 39.8. The smallest absolute Gasteiger partial charge is 0.168 e. The number of benzene rings is 2.